The largest absolute Gasteiger partial charge is 0.355 e. The van der Waals surface area contributed by atoms with Gasteiger partial charge in [-0.05, 0) is 41.8 Å². The van der Waals surface area contributed by atoms with Crippen LogP contribution in [0.25, 0.3) is 0 Å². The van der Waals surface area contributed by atoms with Crippen LogP contribution in [0.5, 0.6) is 0 Å². The Hall–Kier alpha value is -4.08. The molecule has 0 spiro atoms. The first-order valence-corrected chi connectivity index (χ1v) is 9.16. The van der Waals surface area contributed by atoms with E-state index in [-0.39, 0.29) is 22.9 Å². The van der Waals surface area contributed by atoms with Crippen molar-refractivity contribution in [1.82, 2.24) is 15.4 Å². The number of carbonyl (C=O) groups excluding carboxylic acids is 1. The molecule has 0 radical (unpaired) electrons. The minimum absolute atomic E-state index is 0.140. The zero-order valence-corrected chi connectivity index (χ0v) is 15.7. The smallest absolute Gasteiger partial charge is 0.346 e. The summed E-state index contributed by atoms with van der Waals surface area (Å²) >= 11 is 0. The third-order valence-corrected chi connectivity index (χ3v) is 4.82. The lowest BCUT2D eigenvalue weighted by atomic mass is 10.00. The molecule has 9 nitrogen and oxygen atoms in total. The fraction of sp³-hybridized carbons (Fsp3) is 0.150. The van der Waals surface area contributed by atoms with Crippen LogP contribution in [0, 0.1) is 15.9 Å². The maximum atomic E-state index is 13.0. The van der Waals surface area contributed by atoms with Gasteiger partial charge in [-0.1, -0.05) is 24.3 Å². The van der Waals surface area contributed by atoms with Gasteiger partial charge < -0.3 is 4.90 Å². The average molecular weight is 408 g/mol. The van der Waals surface area contributed by atoms with Crippen LogP contribution in [0.15, 0.2) is 54.9 Å². The van der Waals surface area contributed by atoms with E-state index in [0.717, 1.165) is 24.1 Å². The van der Waals surface area contributed by atoms with E-state index in [9.17, 15) is 19.3 Å². The van der Waals surface area contributed by atoms with Gasteiger partial charge in [0.25, 0.3) is 5.91 Å². The molecule has 0 bridgehead atoms. The number of nitrogens with zero attached hydrogens (tertiary/aromatic N) is 4. The van der Waals surface area contributed by atoms with Gasteiger partial charge in [-0.25, -0.2) is 14.4 Å². The van der Waals surface area contributed by atoms with Gasteiger partial charge in [-0.2, -0.15) is 0 Å². The van der Waals surface area contributed by atoms with Gasteiger partial charge in [0.1, 0.15) is 12.1 Å². The minimum Gasteiger partial charge on any atom is -0.346 e. The fourth-order valence-electron chi connectivity index (χ4n) is 3.33. The maximum absolute atomic E-state index is 13.0. The maximum Gasteiger partial charge on any atom is 0.355 e. The summed E-state index contributed by atoms with van der Waals surface area (Å²) in [4.78, 5) is 33.3. The zero-order chi connectivity index (χ0) is 21.1. The molecule has 0 saturated heterocycles. The van der Waals surface area contributed by atoms with E-state index < -0.39 is 16.6 Å². The number of hydrogen-bond donors (Lipinski definition) is 2. The van der Waals surface area contributed by atoms with Crippen LogP contribution < -0.4 is 15.8 Å². The summed E-state index contributed by atoms with van der Waals surface area (Å²) in [5, 5.41) is 11.8. The predicted molar refractivity (Wildman–Crippen MR) is 107 cm³/mol. The molecule has 2 aromatic carbocycles. The summed E-state index contributed by atoms with van der Waals surface area (Å²) in [6, 6.07) is 12.8. The summed E-state index contributed by atoms with van der Waals surface area (Å²) in [5.41, 5.74) is 6.98. The summed E-state index contributed by atoms with van der Waals surface area (Å²) < 4.78 is 13.0. The SMILES string of the molecule is O=C(NNc1ncnc(N2CCc3ccccc3C2)c1[N+](=O)[O-])c1ccc(F)cc1. The van der Waals surface area contributed by atoms with Gasteiger partial charge >= 0.3 is 5.69 Å². The summed E-state index contributed by atoms with van der Waals surface area (Å²) in [7, 11) is 0. The van der Waals surface area contributed by atoms with E-state index in [0.29, 0.717) is 13.1 Å². The van der Waals surface area contributed by atoms with Gasteiger partial charge in [0.2, 0.25) is 11.6 Å². The number of hydrazine groups is 1. The third-order valence-electron chi connectivity index (χ3n) is 4.82. The van der Waals surface area contributed by atoms with E-state index in [4.69, 9.17) is 0 Å². The molecule has 30 heavy (non-hydrogen) atoms. The summed E-state index contributed by atoms with van der Waals surface area (Å²) in [6.07, 6.45) is 1.94. The second-order valence-corrected chi connectivity index (χ2v) is 6.68. The van der Waals surface area contributed by atoms with Gasteiger partial charge in [-0.15, -0.1) is 0 Å². The number of carbonyl (C=O) groups is 1. The van der Waals surface area contributed by atoms with Gasteiger partial charge in [0.05, 0.1) is 4.92 Å². The van der Waals surface area contributed by atoms with Crippen molar-refractivity contribution < 1.29 is 14.1 Å². The molecular formula is C20H17FN6O3. The van der Waals surface area contributed by atoms with E-state index >= 15 is 0 Å². The van der Waals surface area contributed by atoms with Crippen molar-refractivity contribution in [2.45, 2.75) is 13.0 Å². The minimum atomic E-state index is -0.587. The molecule has 1 aliphatic rings. The van der Waals surface area contributed by atoms with Crippen LogP contribution in [0.3, 0.4) is 0 Å². The normalized spacial score (nSPS) is 12.8. The molecule has 1 amide bonds. The Morgan fingerprint density at radius 2 is 1.83 bits per heavy atom. The molecule has 152 valence electrons. The molecule has 0 fully saturated rings. The number of fused-ring (bicyclic) bond motifs is 1. The Bertz CT molecular complexity index is 1110. The second kappa shape index (κ2) is 8.11. The Labute approximate surface area is 170 Å². The van der Waals surface area contributed by atoms with Crippen molar-refractivity contribution in [3.63, 3.8) is 0 Å². The molecule has 1 aromatic heterocycles. The Morgan fingerprint density at radius 1 is 1.10 bits per heavy atom. The number of nitrogens with one attached hydrogen (secondary N) is 2. The third kappa shape index (κ3) is 3.88. The standard InChI is InChI=1S/C20H17FN6O3/c21-16-7-5-14(6-8-16)20(28)25-24-18-17(27(29)30)19(23-12-22-18)26-10-9-13-3-1-2-4-15(13)11-26/h1-8,12H,9-11H2,(H,25,28)(H,22,23,24). The van der Waals surface area contributed by atoms with Gasteiger partial charge in [0, 0.05) is 18.7 Å². The van der Waals surface area contributed by atoms with Gasteiger partial charge in [-0.3, -0.25) is 25.8 Å². The number of aromatic nitrogens is 2. The number of benzene rings is 2. The highest BCUT2D eigenvalue weighted by molar-refractivity contribution is 5.95. The highest BCUT2D eigenvalue weighted by Crippen LogP contribution is 2.34. The van der Waals surface area contributed by atoms with Crippen LogP contribution >= 0.6 is 0 Å². The number of halogens is 1. The Balaban J connectivity index is 1.57. The number of hydrogen-bond acceptors (Lipinski definition) is 7. The van der Waals surface area contributed by atoms with E-state index in [2.05, 4.69) is 20.8 Å². The Kier molecular flexibility index (Phi) is 5.21. The molecule has 4 rings (SSSR count). The van der Waals surface area contributed by atoms with Crippen molar-refractivity contribution in [2.75, 3.05) is 16.9 Å². The van der Waals surface area contributed by atoms with Crippen LogP contribution in [-0.4, -0.2) is 27.3 Å². The molecule has 0 atom stereocenters. The first-order chi connectivity index (χ1) is 14.5. The van der Waals surface area contributed by atoms with Crippen molar-refractivity contribution in [2.24, 2.45) is 0 Å². The molecule has 1 aliphatic heterocycles. The van der Waals surface area contributed by atoms with E-state index in [1.807, 2.05) is 29.2 Å². The van der Waals surface area contributed by atoms with Crippen molar-refractivity contribution >= 4 is 23.2 Å². The number of amides is 1. The Morgan fingerprint density at radius 3 is 2.57 bits per heavy atom. The lowest BCUT2D eigenvalue weighted by Gasteiger charge is -2.29. The molecule has 10 heteroatoms. The lowest BCUT2D eigenvalue weighted by Crippen LogP contribution is -2.33. The molecule has 2 N–H and O–H groups in total. The molecule has 2 heterocycles. The van der Waals surface area contributed by atoms with Crippen molar-refractivity contribution in [3.8, 4) is 0 Å². The summed E-state index contributed by atoms with van der Waals surface area (Å²) in [5.74, 6) is -1.03. The fourth-order valence-corrected chi connectivity index (χ4v) is 3.33. The first kappa shape index (κ1) is 19.2. The number of nitro groups is 1. The predicted octanol–water partition coefficient (Wildman–Crippen LogP) is 2.84. The highest BCUT2D eigenvalue weighted by atomic mass is 19.1. The monoisotopic (exact) mass is 408 g/mol. The van der Waals surface area contributed by atoms with Gasteiger partial charge in [0.15, 0.2) is 0 Å². The van der Waals surface area contributed by atoms with Crippen molar-refractivity contribution in [1.29, 1.82) is 0 Å². The second-order valence-electron chi connectivity index (χ2n) is 6.68. The van der Waals surface area contributed by atoms with Crippen molar-refractivity contribution in [3.05, 3.63) is 87.5 Å². The average Bonchev–Trinajstić information content (AvgIpc) is 2.77. The zero-order valence-electron chi connectivity index (χ0n) is 15.7. The lowest BCUT2D eigenvalue weighted by molar-refractivity contribution is -0.383. The molecule has 0 unspecified atom stereocenters. The van der Waals surface area contributed by atoms with Crippen LogP contribution in [0.4, 0.5) is 21.7 Å². The van der Waals surface area contributed by atoms with Crippen LogP contribution in [-0.2, 0) is 13.0 Å². The molecule has 3 aromatic rings. The highest BCUT2D eigenvalue weighted by Gasteiger charge is 2.29. The summed E-state index contributed by atoms with van der Waals surface area (Å²) in [6.45, 7) is 1.05. The topological polar surface area (TPSA) is 113 Å². The van der Waals surface area contributed by atoms with Crippen LogP contribution in [0.2, 0.25) is 0 Å². The van der Waals surface area contributed by atoms with E-state index in [1.165, 1.54) is 24.0 Å². The first-order valence-electron chi connectivity index (χ1n) is 9.16. The molecule has 0 aliphatic carbocycles. The van der Waals surface area contributed by atoms with E-state index in [1.54, 1.807) is 0 Å². The molecule has 0 saturated carbocycles. The number of rotatable bonds is 5. The molecular weight excluding hydrogens is 391 g/mol. The number of anilines is 2. The quantitative estimate of drug-likeness (QED) is 0.493. The van der Waals surface area contributed by atoms with Crippen LogP contribution in [0.1, 0.15) is 21.5 Å².